The lowest BCUT2D eigenvalue weighted by Crippen LogP contribution is -2.27. The summed E-state index contributed by atoms with van der Waals surface area (Å²) in [6, 6.07) is 8.03. The molecule has 0 unspecified atom stereocenters. The zero-order valence-corrected chi connectivity index (χ0v) is 11.5. The van der Waals surface area contributed by atoms with Gasteiger partial charge in [-0.15, -0.1) is 0 Å². The molecule has 3 aromatic heterocycles. The molecule has 0 bridgehead atoms. The molecule has 1 aromatic carbocycles. The van der Waals surface area contributed by atoms with E-state index in [0.717, 1.165) is 38.7 Å². The third-order valence-corrected chi connectivity index (χ3v) is 3.78. The van der Waals surface area contributed by atoms with Crippen molar-refractivity contribution in [3.63, 3.8) is 0 Å². The summed E-state index contributed by atoms with van der Waals surface area (Å²) >= 11 is 0. The van der Waals surface area contributed by atoms with Crippen molar-refractivity contribution in [1.29, 1.82) is 0 Å². The van der Waals surface area contributed by atoms with Crippen LogP contribution in [0.1, 0.15) is 5.56 Å². The highest BCUT2D eigenvalue weighted by Gasteiger charge is 2.16. The molecule has 0 N–H and O–H groups in total. The Hall–Kier alpha value is -2.30. The van der Waals surface area contributed by atoms with Crippen LogP contribution in [0.4, 0.5) is 0 Å². The van der Waals surface area contributed by atoms with Gasteiger partial charge < -0.3 is 0 Å². The summed E-state index contributed by atoms with van der Waals surface area (Å²) in [6.07, 6.45) is 3.40. The topological polar surface area (TPSA) is 43.1 Å². The average molecular weight is 266 g/mol. The van der Waals surface area contributed by atoms with E-state index in [1.54, 1.807) is 6.33 Å². The highest BCUT2D eigenvalue weighted by Crippen LogP contribution is 2.22. The molecule has 4 nitrogen and oxygen atoms in total. The van der Waals surface area contributed by atoms with Crippen LogP contribution in [0.2, 0.25) is 0 Å². The van der Waals surface area contributed by atoms with Crippen molar-refractivity contribution in [3.05, 3.63) is 42.4 Å². The van der Waals surface area contributed by atoms with E-state index in [1.807, 2.05) is 44.6 Å². The normalized spacial score (nSPS) is 11.3. The van der Waals surface area contributed by atoms with E-state index in [1.165, 1.54) is 7.06 Å². The molecule has 4 radical (unpaired) electrons. The van der Waals surface area contributed by atoms with E-state index in [4.69, 9.17) is 12.7 Å². The fourth-order valence-corrected chi connectivity index (χ4v) is 2.80. The van der Waals surface area contributed by atoms with Crippen LogP contribution in [-0.4, -0.2) is 41.3 Å². The summed E-state index contributed by atoms with van der Waals surface area (Å²) in [6.45, 7) is 2.04. The Kier molecular flexibility index (Phi) is 2.74. The maximum atomic E-state index is 5.61. The second-order valence-corrected chi connectivity index (χ2v) is 4.92. The van der Waals surface area contributed by atoms with E-state index >= 15 is 0 Å². The first kappa shape index (κ1) is 12.4. The van der Waals surface area contributed by atoms with Gasteiger partial charge in [-0.2, -0.15) is 0 Å². The molecular formula is C14H9B3N4. The van der Waals surface area contributed by atoms with Gasteiger partial charge in [0.2, 0.25) is 0 Å². The number of hydrogen-bond acceptors (Lipinski definition) is 3. The van der Waals surface area contributed by atoms with Crippen LogP contribution in [0, 0.1) is 6.92 Å². The van der Waals surface area contributed by atoms with Crippen LogP contribution in [0.5, 0.6) is 0 Å². The fraction of sp³-hybridized carbons (Fsp3) is 0.0714. The zero-order valence-electron chi connectivity index (χ0n) is 11.5. The summed E-state index contributed by atoms with van der Waals surface area (Å²) in [5.41, 5.74) is 5.77. The van der Waals surface area contributed by atoms with E-state index < -0.39 is 0 Å². The number of benzene rings is 1. The lowest BCUT2D eigenvalue weighted by molar-refractivity contribution is 1.15. The maximum Gasteiger partial charge on any atom is 0.149 e. The summed E-state index contributed by atoms with van der Waals surface area (Å²) in [5, 5.41) is 1.00. The van der Waals surface area contributed by atoms with Gasteiger partial charge in [-0.25, -0.2) is 15.0 Å². The molecule has 0 aliphatic rings. The Morgan fingerprint density at radius 1 is 1.19 bits per heavy atom. The Balaban J connectivity index is 2.32. The molecular weight excluding hydrogens is 257 g/mol. The van der Waals surface area contributed by atoms with E-state index in [9.17, 15) is 0 Å². The third-order valence-electron chi connectivity index (χ3n) is 3.78. The summed E-state index contributed by atoms with van der Waals surface area (Å²) in [5.74, 6) is 0. The van der Waals surface area contributed by atoms with E-state index in [-0.39, 0.29) is 0 Å². The highest BCUT2D eigenvalue weighted by atomic mass is 15.1. The van der Waals surface area contributed by atoms with E-state index in [0.29, 0.717) is 0 Å². The minimum Gasteiger partial charge on any atom is -0.277 e. The number of para-hydroxylation sites is 2. The maximum absolute atomic E-state index is 5.61. The van der Waals surface area contributed by atoms with Gasteiger partial charge in [-0.05, 0) is 24.6 Å². The third kappa shape index (κ3) is 1.70. The molecule has 4 aromatic rings. The summed E-state index contributed by atoms with van der Waals surface area (Å²) in [7, 11) is 9.03. The van der Waals surface area contributed by atoms with Crippen molar-refractivity contribution in [2.45, 2.75) is 6.92 Å². The number of imidazole rings is 1. The van der Waals surface area contributed by atoms with Gasteiger partial charge in [0.05, 0.1) is 11.0 Å². The van der Waals surface area contributed by atoms with Gasteiger partial charge >= 0.3 is 0 Å². The van der Waals surface area contributed by atoms with Crippen LogP contribution < -0.4 is 5.46 Å². The van der Waals surface area contributed by atoms with E-state index in [2.05, 4.69) is 14.4 Å². The molecule has 7 heteroatoms. The first-order chi connectivity index (χ1) is 10.3. The number of aromatic nitrogens is 4. The SMILES string of the molecule is [B][B][B]c1c(C)c2cncnc2n2c1nc1ccccc12. The number of aryl methyl sites for hydroxylation is 1. The first-order valence-corrected chi connectivity index (χ1v) is 6.69. The second kappa shape index (κ2) is 4.62. The standard InChI is InChI=1S/C14H9B3N4/c1-8-9-6-18-7-19-13(9)21-11-5-3-2-4-10(11)20-14(21)12(8)16-17-15/h2-7H,1H3. The summed E-state index contributed by atoms with van der Waals surface area (Å²) < 4.78 is 2.06. The molecule has 0 spiro atoms. The van der Waals surface area contributed by atoms with Crippen LogP contribution in [0.25, 0.3) is 27.7 Å². The van der Waals surface area contributed by atoms with Crippen LogP contribution in [-0.2, 0) is 0 Å². The number of hydrogen-bond donors (Lipinski definition) is 0. The predicted molar refractivity (Wildman–Crippen MR) is 87.4 cm³/mol. The Labute approximate surface area is 124 Å². The molecule has 0 fully saturated rings. The smallest absolute Gasteiger partial charge is 0.149 e. The number of pyridine rings is 1. The van der Waals surface area contributed by atoms with Gasteiger partial charge in [0.25, 0.3) is 0 Å². The van der Waals surface area contributed by atoms with Crippen molar-refractivity contribution < 1.29 is 0 Å². The zero-order chi connectivity index (χ0) is 14.4. The largest absolute Gasteiger partial charge is 0.277 e. The van der Waals surface area contributed by atoms with Gasteiger partial charge in [-0.1, -0.05) is 17.6 Å². The number of rotatable bonds is 2. The molecule has 0 saturated carbocycles. The van der Waals surface area contributed by atoms with Crippen LogP contribution in [0.3, 0.4) is 0 Å². The molecule has 94 valence electrons. The Morgan fingerprint density at radius 3 is 2.90 bits per heavy atom. The first-order valence-electron chi connectivity index (χ1n) is 6.69. The average Bonchev–Trinajstić information content (AvgIpc) is 2.91. The minimum atomic E-state index is 0.861. The van der Waals surface area contributed by atoms with Crippen molar-refractivity contribution in [2.75, 3.05) is 0 Å². The monoisotopic (exact) mass is 266 g/mol. The van der Waals surface area contributed by atoms with Gasteiger partial charge in [0.1, 0.15) is 24.8 Å². The van der Waals surface area contributed by atoms with Crippen LogP contribution in [0.15, 0.2) is 36.8 Å². The minimum absolute atomic E-state index is 0.861. The Bertz CT molecular complexity index is 980. The van der Waals surface area contributed by atoms with Gasteiger partial charge in [0.15, 0.2) is 0 Å². The quantitative estimate of drug-likeness (QED) is 0.503. The number of nitrogens with zero attached hydrogens (tertiary/aromatic N) is 4. The lowest BCUT2D eigenvalue weighted by Gasteiger charge is -2.11. The van der Waals surface area contributed by atoms with Crippen molar-refractivity contribution in [1.82, 2.24) is 19.4 Å². The highest BCUT2D eigenvalue weighted by molar-refractivity contribution is 7.28. The number of fused-ring (bicyclic) bond motifs is 5. The predicted octanol–water partition coefficient (Wildman–Crippen LogP) is 0.771. The molecule has 0 amide bonds. The second-order valence-electron chi connectivity index (χ2n) is 4.92. The summed E-state index contributed by atoms with van der Waals surface area (Å²) in [4.78, 5) is 13.3. The van der Waals surface area contributed by atoms with Crippen molar-refractivity contribution >= 4 is 55.1 Å². The van der Waals surface area contributed by atoms with Gasteiger partial charge in [0, 0.05) is 26.4 Å². The Morgan fingerprint density at radius 2 is 2.05 bits per heavy atom. The molecule has 21 heavy (non-hydrogen) atoms. The van der Waals surface area contributed by atoms with Gasteiger partial charge in [-0.3, -0.25) is 4.40 Å². The molecule has 0 aliphatic carbocycles. The molecule has 0 saturated heterocycles. The van der Waals surface area contributed by atoms with Crippen molar-refractivity contribution in [3.8, 4) is 0 Å². The van der Waals surface area contributed by atoms with Crippen molar-refractivity contribution in [2.24, 2.45) is 0 Å². The molecule has 0 atom stereocenters. The molecule has 3 heterocycles. The molecule has 4 rings (SSSR count). The lowest BCUT2D eigenvalue weighted by atomic mass is 9.26. The fourth-order valence-electron chi connectivity index (χ4n) is 2.80. The van der Waals surface area contributed by atoms with Crippen LogP contribution >= 0.6 is 0 Å². The molecule has 0 aliphatic heterocycles.